The molecule has 158 valence electrons. The van der Waals surface area contributed by atoms with Gasteiger partial charge in [-0.2, -0.15) is 0 Å². The van der Waals surface area contributed by atoms with Gasteiger partial charge >= 0.3 is 5.97 Å². The zero-order valence-corrected chi connectivity index (χ0v) is 18.4. The predicted molar refractivity (Wildman–Crippen MR) is 117 cm³/mol. The molecule has 8 heteroatoms. The number of aliphatic carboxylic acids is 1. The molecule has 3 N–H and O–H groups in total. The lowest BCUT2D eigenvalue weighted by Crippen LogP contribution is -2.47. The van der Waals surface area contributed by atoms with Crippen molar-refractivity contribution in [2.45, 2.75) is 19.9 Å². The molecule has 30 heavy (non-hydrogen) atoms. The van der Waals surface area contributed by atoms with Crippen molar-refractivity contribution in [2.24, 2.45) is 5.92 Å². The lowest BCUT2D eigenvalue weighted by atomic mass is 10.0. The van der Waals surface area contributed by atoms with Crippen molar-refractivity contribution < 1.29 is 24.2 Å². The number of rotatable bonds is 8. The van der Waals surface area contributed by atoms with E-state index in [-0.39, 0.29) is 11.6 Å². The highest BCUT2D eigenvalue weighted by Crippen LogP contribution is 2.15. The molecule has 0 spiro atoms. The molecule has 0 bridgehead atoms. The zero-order chi connectivity index (χ0) is 22.3. The van der Waals surface area contributed by atoms with Crippen LogP contribution in [0, 0.1) is 5.92 Å². The van der Waals surface area contributed by atoms with Crippen LogP contribution in [0.4, 0.5) is 0 Å². The number of amides is 2. The summed E-state index contributed by atoms with van der Waals surface area (Å²) >= 11 is 3.31. The van der Waals surface area contributed by atoms with Gasteiger partial charge in [-0.05, 0) is 54.0 Å². The van der Waals surface area contributed by atoms with E-state index in [9.17, 15) is 19.5 Å². The number of hydrogen-bond acceptors (Lipinski definition) is 4. The topological polar surface area (TPSA) is 105 Å². The van der Waals surface area contributed by atoms with Crippen molar-refractivity contribution in [1.82, 2.24) is 10.6 Å². The van der Waals surface area contributed by atoms with Crippen LogP contribution < -0.4 is 15.4 Å². The van der Waals surface area contributed by atoms with Crippen LogP contribution in [0.5, 0.6) is 5.75 Å². The summed E-state index contributed by atoms with van der Waals surface area (Å²) in [6.07, 6.45) is 1.48. The molecule has 0 fully saturated rings. The molecule has 2 aromatic rings. The Morgan fingerprint density at radius 1 is 1.03 bits per heavy atom. The van der Waals surface area contributed by atoms with E-state index in [2.05, 4.69) is 26.6 Å². The summed E-state index contributed by atoms with van der Waals surface area (Å²) in [6.45, 7) is 3.37. The standard InChI is InChI=1S/C22H23BrN2O5/c1-13(2)19(22(28)29)25-21(27)18(12-14-4-10-17(30-3)11-5-14)24-20(26)15-6-8-16(23)9-7-15/h4-13,19H,1-3H3,(H,24,26)(H,25,27)(H,28,29). The summed E-state index contributed by atoms with van der Waals surface area (Å²) in [6, 6.07) is 12.4. The van der Waals surface area contributed by atoms with E-state index >= 15 is 0 Å². The molecule has 0 aliphatic carbocycles. The average Bonchev–Trinajstić information content (AvgIpc) is 2.71. The third-order valence-corrected chi connectivity index (χ3v) is 4.77. The smallest absolute Gasteiger partial charge is 0.326 e. The molecule has 7 nitrogen and oxygen atoms in total. The van der Waals surface area contributed by atoms with E-state index in [0.717, 1.165) is 4.47 Å². The van der Waals surface area contributed by atoms with Crippen LogP contribution in [-0.2, 0) is 9.59 Å². The number of carbonyl (C=O) groups is 3. The van der Waals surface area contributed by atoms with Gasteiger partial charge in [0.05, 0.1) is 7.11 Å². The van der Waals surface area contributed by atoms with Crippen LogP contribution in [0.25, 0.3) is 6.08 Å². The number of benzene rings is 2. The lowest BCUT2D eigenvalue weighted by Gasteiger charge is -2.19. The van der Waals surface area contributed by atoms with Crippen molar-refractivity contribution in [3.8, 4) is 5.75 Å². The summed E-state index contributed by atoms with van der Waals surface area (Å²) in [5.41, 5.74) is 0.915. The van der Waals surface area contributed by atoms with Gasteiger partial charge in [0.15, 0.2) is 0 Å². The molecule has 0 saturated carbocycles. The summed E-state index contributed by atoms with van der Waals surface area (Å²) in [7, 11) is 1.54. The fraction of sp³-hybridized carbons (Fsp3) is 0.227. The van der Waals surface area contributed by atoms with E-state index in [0.29, 0.717) is 16.9 Å². The van der Waals surface area contributed by atoms with Crippen molar-refractivity contribution in [3.05, 3.63) is 69.8 Å². The van der Waals surface area contributed by atoms with Gasteiger partial charge in [-0.3, -0.25) is 9.59 Å². The first-order valence-electron chi connectivity index (χ1n) is 9.17. The second-order valence-corrected chi connectivity index (χ2v) is 7.74. The SMILES string of the molecule is COc1ccc(C=C(NC(=O)c2ccc(Br)cc2)C(=O)NC(C(=O)O)C(C)C)cc1. The molecule has 2 amide bonds. The van der Waals surface area contributed by atoms with Gasteiger partial charge in [-0.1, -0.05) is 41.9 Å². The maximum atomic E-state index is 12.8. The zero-order valence-electron chi connectivity index (χ0n) is 16.8. The first-order valence-corrected chi connectivity index (χ1v) is 9.97. The van der Waals surface area contributed by atoms with Gasteiger partial charge in [0.25, 0.3) is 11.8 Å². The van der Waals surface area contributed by atoms with E-state index < -0.39 is 23.8 Å². The molecule has 0 saturated heterocycles. The van der Waals surface area contributed by atoms with Crippen LogP contribution >= 0.6 is 15.9 Å². The van der Waals surface area contributed by atoms with Crippen LogP contribution in [0.15, 0.2) is 58.7 Å². The Hall–Kier alpha value is -3.13. The normalized spacial score (nSPS) is 12.2. The second-order valence-electron chi connectivity index (χ2n) is 6.83. The average molecular weight is 475 g/mol. The quantitative estimate of drug-likeness (QED) is 0.508. The molecule has 2 aromatic carbocycles. The van der Waals surface area contributed by atoms with Crippen molar-refractivity contribution in [1.29, 1.82) is 0 Å². The third kappa shape index (κ3) is 6.45. The lowest BCUT2D eigenvalue weighted by molar-refractivity contribution is -0.142. The van der Waals surface area contributed by atoms with E-state index in [1.807, 2.05) is 0 Å². The number of hydrogen-bond donors (Lipinski definition) is 3. The molecular weight excluding hydrogens is 452 g/mol. The Balaban J connectivity index is 2.33. The Labute approximate surface area is 183 Å². The molecule has 1 atom stereocenters. The molecule has 2 rings (SSSR count). The first kappa shape index (κ1) is 23.2. The number of ether oxygens (including phenoxy) is 1. The Kier molecular flexibility index (Phi) is 8.17. The highest BCUT2D eigenvalue weighted by Gasteiger charge is 2.25. The maximum absolute atomic E-state index is 12.8. The first-order chi connectivity index (χ1) is 14.2. The summed E-state index contributed by atoms with van der Waals surface area (Å²) in [5.74, 6) is -2.04. The number of carboxylic acid groups (broad SMARTS) is 1. The largest absolute Gasteiger partial charge is 0.497 e. The van der Waals surface area contributed by atoms with Gasteiger partial charge in [0.2, 0.25) is 0 Å². The van der Waals surface area contributed by atoms with Crippen LogP contribution in [0.3, 0.4) is 0 Å². The molecule has 0 radical (unpaired) electrons. The Bertz CT molecular complexity index is 937. The summed E-state index contributed by atoms with van der Waals surface area (Å²) in [4.78, 5) is 36.9. The van der Waals surface area contributed by atoms with Gasteiger partial charge in [-0.15, -0.1) is 0 Å². The maximum Gasteiger partial charge on any atom is 0.326 e. The summed E-state index contributed by atoms with van der Waals surface area (Å²) < 4.78 is 5.93. The molecular formula is C22H23BrN2O5. The van der Waals surface area contributed by atoms with Crippen LogP contribution in [0.2, 0.25) is 0 Å². The van der Waals surface area contributed by atoms with Crippen molar-refractivity contribution >= 4 is 39.8 Å². The van der Waals surface area contributed by atoms with Crippen molar-refractivity contribution in [2.75, 3.05) is 7.11 Å². The van der Waals surface area contributed by atoms with Crippen LogP contribution in [0.1, 0.15) is 29.8 Å². The van der Waals surface area contributed by atoms with E-state index in [1.165, 1.54) is 6.08 Å². The fourth-order valence-electron chi connectivity index (χ4n) is 2.55. The minimum Gasteiger partial charge on any atom is -0.497 e. The number of halogens is 1. The van der Waals surface area contributed by atoms with Gasteiger partial charge in [0.1, 0.15) is 17.5 Å². The molecule has 1 unspecified atom stereocenters. The summed E-state index contributed by atoms with van der Waals surface area (Å²) in [5, 5.41) is 14.4. The van der Waals surface area contributed by atoms with Gasteiger partial charge in [0, 0.05) is 10.0 Å². The number of methoxy groups -OCH3 is 1. The number of carbonyl (C=O) groups excluding carboxylic acids is 2. The predicted octanol–water partition coefficient (Wildman–Crippen LogP) is 3.45. The van der Waals surface area contributed by atoms with Gasteiger partial charge in [-0.25, -0.2) is 4.79 Å². The highest BCUT2D eigenvalue weighted by molar-refractivity contribution is 9.10. The minimum atomic E-state index is -1.15. The second kappa shape index (κ2) is 10.6. The van der Waals surface area contributed by atoms with E-state index in [4.69, 9.17) is 4.74 Å². The van der Waals surface area contributed by atoms with Crippen molar-refractivity contribution in [3.63, 3.8) is 0 Å². The third-order valence-electron chi connectivity index (χ3n) is 4.25. The number of carboxylic acids is 1. The molecule has 0 aliphatic rings. The number of nitrogens with one attached hydrogen (secondary N) is 2. The molecule has 0 aliphatic heterocycles. The Morgan fingerprint density at radius 2 is 1.63 bits per heavy atom. The van der Waals surface area contributed by atoms with Gasteiger partial charge < -0.3 is 20.5 Å². The van der Waals surface area contributed by atoms with Crippen LogP contribution in [-0.4, -0.2) is 36.0 Å². The fourth-order valence-corrected chi connectivity index (χ4v) is 2.82. The molecule has 0 heterocycles. The minimum absolute atomic E-state index is 0.0695. The Morgan fingerprint density at radius 3 is 2.13 bits per heavy atom. The van der Waals surface area contributed by atoms with E-state index in [1.54, 1.807) is 69.5 Å². The monoisotopic (exact) mass is 474 g/mol. The highest BCUT2D eigenvalue weighted by atomic mass is 79.9. The molecule has 0 aromatic heterocycles.